The zero-order chi connectivity index (χ0) is 13.5. The van der Waals surface area contributed by atoms with Crippen molar-refractivity contribution in [2.24, 2.45) is 5.92 Å². The summed E-state index contributed by atoms with van der Waals surface area (Å²) in [6, 6.07) is 1.61. The van der Waals surface area contributed by atoms with E-state index in [9.17, 15) is 8.42 Å². The van der Waals surface area contributed by atoms with E-state index < -0.39 is 10.0 Å². The fraction of sp³-hybridized carbons (Fsp3) is 0.583. The highest BCUT2D eigenvalue weighted by molar-refractivity contribution is 9.10. The van der Waals surface area contributed by atoms with Crippen molar-refractivity contribution in [2.45, 2.75) is 23.8 Å². The summed E-state index contributed by atoms with van der Waals surface area (Å²) in [6.07, 6.45) is 5.13. The predicted octanol–water partition coefficient (Wildman–Crippen LogP) is 1.22. The molecule has 3 fully saturated rings. The van der Waals surface area contributed by atoms with Gasteiger partial charge in [0.05, 0.1) is 0 Å². The first-order valence-electron chi connectivity index (χ1n) is 6.40. The maximum absolute atomic E-state index is 12.3. The van der Waals surface area contributed by atoms with Gasteiger partial charge in [-0.05, 0) is 53.8 Å². The highest BCUT2D eigenvalue weighted by Crippen LogP contribution is 2.28. The number of hydrogen-bond acceptors (Lipinski definition) is 4. The van der Waals surface area contributed by atoms with Crippen LogP contribution in [-0.2, 0) is 10.0 Å². The smallest absolute Gasteiger partial charge is 0.242 e. The van der Waals surface area contributed by atoms with Crippen LogP contribution < -0.4 is 4.72 Å². The maximum Gasteiger partial charge on any atom is 0.242 e. The molecular weight excluding hydrogens is 330 g/mol. The summed E-state index contributed by atoms with van der Waals surface area (Å²) in [5.74, 6) is 0.472. The Morgan fingerprint density at radius 3 is 2.63 bits per heavy atom. The summed E-state index contributed by atoms with van der Waals surface area (Å²) in [7, 11) is -3.47. The lowest BCUT2D eigenvalue weighted by molar-refractivity contribution is 0.0827. The topological polar surface area (TPSA) is 62.3 Å². The molecule has 1 aromatic rings. The maximum atomic E-state index is 12.3. The van der Waals surface area contributed by atoms with Crippen LogP contribution in [0.15, 0.2) is 27.8 Å². The average molecular weight is 346 g/mol. The molecule has 7 heteroatoms. The first-order chi connectivity index (χ1) is 9.04. The molecule has 0 aromatic carbocycles. The molecule has 19 heavy (non-hydrogen) atoms. The van der Waals surface area contributed by atoms with Crippen LogP contribution >= 0.6 is 15.9 Å². The van der Waals surface area contributed by atoms with Crippen LogP contribution in [0.1, 0.15) is 12.8 Å². The molecule has 1 atom stereocenters. The van der Waals surface area contributed by atoms with Crippen molar-refractivity contribution in [3.05, 3.63) is 22.9 Å². The molecule has 0 amide bonds. The molecule has 3 saturated heterocycles. The lowest BCUT2D eigenvalue weighted by atomic mass is 9.85. The van der Waals surface area contributed by atoms with Crippen molar-refractivity contribution in [3.8, 4) is 0 Å². The molecular formula is C12H16BrN3O2S. The summed E-state index contributed by atoms with van der Waals surface area (Å²) in [4.78, 5) is 6.46. The van der Waals surface area contributed by atoms with Crippen molar-refractivity contribution in [1.82, 2.24) is 14.6 Å². The third-order valence-electron chi connectivity index (χ3n) is 3.95. The fourth-order valence-electron chi connectivity index (χ4n) is 2.91. The first kappa shape index (κ1) is 13.5. The molecule has 1 N–H and O–H groups in total. The number of hydrogen-bond donors (Lipinski definition) is 1. The van der Waals surface area contributed by atoms with Gasteiger partial charge in [0, 0.05) is 29.5 Å². The van der Waals surface area contributed by atoms with Crippen molar-refractivity contribution in [2.75, 3.05) is 19.6 Å². The fourth-order valence-corrected chi connectivity index (χ4v) is 4.71. The van der Waals surface area contributed by atoms with Gasteiger partial charge >= 0.3 is 0 Å². The number of piperidine rings is 3. The normalized spacial score (nSPS) is 30.5. The third kappa shape index (κ3) is 2.84. The van der Waals surface area contributed by atoms with Gasteiger partial charge in [-0.25, -0.2) is 13.1 Å². The summed E-state index contributed by atoms with van der Waals surface area (Å²) >= 11 is 3.25. The minimum absolute atomic E-state index is 0.0338. The average Bonchev–Trinajstić information content (AvgIpc) is 2.39. The summed E-state index contributed by atoms with van der Waals surface area (Å²) in [5, 5.41) is 0. The van der Waals surface area contributed by atoms with E-state index in [1.807, 2.05) is 0 Å². The Hall–Kier alpha value is -0.500. The quantitative estimate of drug-likeness (QED) is 0.894. The van der Waals surface area contributed by atoms with E-state index in [2.05, 4.69) is 30.5 Å². The Kier molecular flexibility index (Phi) is 3.63. The molecule has 0 unspecified atom stereocenters. The molecule has 0 radical (unpaired) electrons. The van der Waals surface area contributed by atoms with E-state index in [1.54, 1.807) is 12.3 Å². The van der Waals surface area contributed by atoms with E-state index in [4.69, 9.17) is 0 Å². The van der Waals surface area contributed by atoms with Crippen LogP contribution in [-0.4, -0.2) is 44.0 Å². The largest absolute Gasteiger partial charge is 0.302 e. The number of pyridine rings is 1. The van der Waals surface area contributed by atoms with E-state index in [-0.39, 0.29) is 10.9 Å². The molecule has 3 aliphatic rings. The van der Waals surface area contributed by atoms with Gasteiger partial charge in [-0.2, -0.15) is 0 Å². The summed E-state index contributed by atoms with van der Waals surface area (Å²) in [5.41, 5.74) is 0. The minimum atomic E-state index is -3.47. The molecule has 0 aliphatic carbocycles. The van der Waals surface area contributed by atoms with Gasteiger partial charge in [0.15, 0.2) is 0 Å². The molecule has 3 aliphatic heterocycles. The zero-order valence-corrected chi connectivity index (χ0v) is 12.8. The van der Waals surface area contributed by atoms with Crippen LogP contribution in [0.25, 0.3) is 0 Å². The number of sulfonamides is 1. The van der Waals surface area contributed by atoms with Crippen molar-refractivity contribution in [1.29, 1.82) is 0 Å². The highest BCUT2D eigenvalue weighted by Gasteiger charge is 2.36. The van der Waals surface area contributed by atoms with E-state index in [0.717, 1.165) is 32.5 Å². The zero-order valence-electron chi connectivity index (χ0n) is 10.4. The second kappa shape index (κ2) is 5.12. The molecule has 2 bridgehead atoms. The van der Waals surface area contributed by atoms with Gasteiger partial charge in [0.25, 0.3) is 0 Å². The number of nitrogens with one attached hydrogen (secondary N) is 1. The molecule has 4 rings (SSSR count). The SMILES string of the molecule is O=S(=O)(N[C@H]1CN2CCC1CC2)c1cncc(Br)c1. The minimum Gasteiger partial charge on any atom is -0.302 e. The number of halogens is 1. The number of rotatable bonds is 3. The molecule has 0 spiro atoms. The van der Waals surface area contributed by atoms with E-state index in [0.29, 0.717) is 10.4 Å². The Bertz CT molecular complexity index is 570. The second-order valence-electron chi connectivity index (χ2n) is 5.20. The molecule has 1 aromatic heterocycles. The van der Waals surface area contributed by atoms with Crippen LogP contribution in [0.3, 0.4) is 0 Å². The first-order valence-corrected chi connectivity index (χ1v) is 8.67. The highest BCUT2D eigenvalue weighted by atomic mass is 79.9. The molecule has 104 valence electrons. The van der Waals surface area contributed by atoms with Gasteiger partial charge in [-0.15, -0.1) is 0 Å². The van der Waals surface area contributed by atoms with Crippen LogP contribution in [0, 0.1) is 5.92 Å². The Morgan fingerprint density at radius 2 is 2.05 bits per heavy atom. The Morgan fingerprint density at radius 1 is 1.32 bits per heavy atom. The van der Waals surface area contributed by atoms with Crippen molar-refractivity contribution < 1.29 is 8.42 Å². The Labute approximate surface area is 121 Å². The summed E-state index contributed by atoms with van der Waals surface area (Å²) < 4.78 is 28.2. The monoisotopic (exact) mass is 345 g/mol. The third-order valence-corrected chi connectivity index (χ3v) is 5.84. The number of aromatic nitrogens is 1. The van der Waals surface area contributed by atoms with Crippen LogP contribution in [0.4, 0.5) is 0 Å². The van der Waals surface area contributed by atoms with Crippen LogP contribution in [0.5, 0.6) is 0 Å². The van der Waals surface area contributed by atoms with Gasteiger partial charge in [0.2, 0.25) is 10.0 Å². The Balaban J connectivity index is 1.79. The molecule has 5 nitrogen and oxygen atoms in total. The van der Waals surface area contributed by atoms with Gasteiger partial charge < -0.3 is 4.90 Å². The van der Waals surface area contributed by atoms with E-state index >= 15 is 0 Å². The van der Waals surface area contributed by atoms with Crippen molar-refractivity contribution >= 4 is 26.0 Å². The summed E-state index contributed by atoms with van der Waals surface area (Å²) in [6.45, 7) is 3.02. The second-order valence-corrected chi connectivity index (χ2v) is 7.83. The number of nitrogens with zero attached hydrogens (tertiary/aromatic N) is 2. The van der Waals surface area contributed by atoms with Gasteiger partial charge in [-0.3, -0.25) is 4.98 Å². The van der Waals surface area contributed by atoms with Crippen LogP contribution in [0.2, 0.25) is 0 Å². The molecule has 4 heterocycles. The van der Waals surface area contributed by atoms with Gasteiger partial charge in [0.1, 0.15) is 4.90 Å². The van der Waals surface area contributed by atoms with Gasteiger partial charge in [-0.1, -0.05) is 0 Å². The number of fused-ring (bicyclic) bond motifs is 3. The lowest BCUT2D eigenvalue weighted by Crippen LogP contribution is -2.57. The molecule has 0 saturated carbocycles. The lowest BCUT2D eigenvalue weighted by Gasteiger charge is -2.44. The van der Waals surface area contributed by atoms with E-state index in [1.165, 1.54) is 6.20 Å². The van der Waals surface area contributed by atoms with Crippen molar-refractivity contribution in [3.63, 3.8) is 0 Å². The standard InChI is InChI=1S/C12H16BrN3O2S/c13-10-5-11(7-14-6-10)19(17,18)15-12-8-16-3-1-9(12)2-4-16/h5-7,9,12,15H,1-4,8H2/t12-/m0/s1. The predicted molar refractivity (Wildman–Crippen MR) is 75.2 cm³/mol.